The Hall–Kier alpha value is -4.05. The van der Waals surface area contributed by atoms with Crippen LogP contribution in [0.1, 0.15) is 40.3 Å². The minimum atomic E-state index is -4.47. The van der Waals surface area contributed by atoms with Crippen LogP contribution in [0.4, 0.5) is 13.2 Å². The van der Waals surface area contributed by atoms with Crippen LogP contribution in [0.15, 0.2) is 102 Å². The number of aliphatic imine (C=N–C) groups is 1. The third-order valence-corrected chi connectivity index (χ3v) is 7.89. The van der Waals surface area contributed by atoms with E-state index in [1.807, 2.05) is 30.3 Å². The van der Waals surface area contributed by atoms with Gasteiger partial charge in [0.25, 0.3) is 5.91 Å². The molecule has 1 heterocycles. The second-order valence-corrected chi connectivity index (χ2v) is 11.3. The maximum atomic E-state index is 14.3. The number of carbonyl (C=O) groups excluding carboxylic acids is 1. The molecule has 0 aliphatic carbocycles. The first-order valence-electron chi connectivity index (χ1n) is 14.1. The van der Waals surface area contributed by atoms with E-state index in [-0.39, 0.29) is 30.5 Å². The van der Waals surface area contributed by atoms with Crippen LogP contribution in [0.25, 0.3) is 0 Å². The lowest BCUT2D eigenvalue weighted by molar-refractivity contribution is -0.137. The van der Waals surface area contributed by atoms with Gasteiger partial charge < -0.3 is 19.9 Å². The quantitative estimate of drug-likeness (QED) is 0.163. The average molecular weight is 658 g/mol. The smallest absolute Gasteiger partial charge is 0.416 e. The normalized spacial score (nSPS) is 17.8. The van der Waals surface area contributed by atoms with Crippen LogP contribution in [-0.4, -0.2) is 35.7 Å². The van der Waals surface area contributed by atoms with Gasteiger partial charge in [0, 0.05) is 47.2 Å². The Morgan fingerprint density at radius 3 is 2.31 bits per heavy atom. The van der Waals surface area contributed by atoms with Crippen molar-refractivity contribution in [3.8, 4) is 5.75 Å². The summed E-state index contributed by atoms with van der Waals surface area (Å²) in [6, 6.07) is 25.8. The van der Waals surface area contributed by atoms with Crippen LogP contribution in [0, 0.1) is 0 Å². The standard InChI is InChI=1S/C34H29Cl2F3N2O4/c35-26-13-16-28(29(36)19-26)30-33(20-22-5-2-1-3-6-22,32(43)40-21-23-7-11-25(12-8-23)34(37,38)39)41-31(45-30)24-9-14-27(15-10-24)44-18-4-17-42/h1-3,5-16,19,30,42H,4,17-18,20-21H2,(H,40,43)/t30-,33-/m1/s1. The highest BCUT2D eigenvalue weighted by atomic mass is 35.5. The maximum absolute atomic E-state index is 14.3. The number of hydrogen-bond donors (Lipinski definition) is 2. The molecule has 4 aromatic carbocycles. The summed E-state index contributed by atoms with van der Waals surface area (Å²) >= 11 is 12.9. The zero-order chi connectivity index (χ0) is 32.0. The summed E-state index contributed by atoms with van der Waals surface area (Å²) in [7, 11) is 0. The van der Waals surface area contributed by atoms with Crippen molar-refractivity contribution >= 4 is 35.0 Å². The van der Waals surface area contributed by atoms with E-state index in [1.165, 1.54) is 12.1 Å². The summed E-state index contributed by atoms with van der Waals surface area (Å²) in [6.45, 7) is 0.324. The minimum absolute atomic E-state index is 0.0157. The SMILES string of the molecule is O=C(NCc1ccc(C(F)(F)F)cc1)[C@]1(Cc2ccccc2)N=C(c2ccc(OCCCO)cc2)O[C@@H]1c1ccc(Cl)cc1Cl. The molecule has 1 amide bonds. The third kappa shape index (κ3) is 7.61. The van der Waals surface area contributed by atoms with E-state index < -0.39 is 29.3 Å². The van der Waals surface area contributed by atoms with E-state index in [2.05, 4.69) is 5.32 Å². The molecule has 1 aliphatic heterocycles. The molecule has 45 heavy (non-hydrogen) atoms. The maximum Gasteiger partial charge on any atom is 0.416 e. The minimum Gasteiger partial charge on any atom is -0.494 e. The Bertz CT molecular complexity index is 1650. The summed E-state index contributed by atoms with van der Waals surface area (Å²) in [5.74, 6) is 0.294. The van der Waals surface area contributed by atoms with Gasteiger partial charge in [-0.1, -0.05) is 71.7 Å². The molecular formula is C34H29Cl2F3N2O4. The first-order valence-corrected chi connectivity index (χ1v) is 14.9. The molecule has 4 aromatic rings. The van der Waals surface area contributed by atoms with Crippen LogP contribution in [0.2, 0.25) is 10.0 Å². The van der Waals surface area contributed by atoms with Crippen molar-refractivity contribution in [2.24, 2.45) is 4.99 Å². The largest absolute Gasteiger partial charge is 0.494 e. The number of hydrogen-bond acceptors (Lipinski definition) is 5. The zero-order valence-electron chi connectivity index (χ0n) is 23.9. The summed E-state index contributed by atoms with van der Waals surface area (Å²) in [5.41, 5.74) is 0.0232. The Balaban J connectivity index is 1.53. The van der Waals surface area contributed by atoms with Gasteiger partial charge in [0.1, 0.15) is 5.75 Å². The lowest BCUT2D eigenvalue weighted by Crippen LogP contribution is -2.49. The predicted molar refractivity (Wildman–Crippen MR) is 167 cm³/mol. The highest BCUT2D eigenvalue weighted by Crippen LogP contribution is 2.45. The number of rotatable bonds is 11. The number of aliphatic hydroxyl groups excluding tert-OH is 1. The molecule has 0 radical (unpaired) electrons. The molecule has 0 spiro atoms. The molecule has 2 atom stereocenters. The van der Waals surface area contributed by atoms with Gasteiger partial charge in [-0.3, -0.25) is 4.79 Å². The summed E-state index contributed by atoms with van der Waals surface area (Å²) < 4.78 is 51.4. The van der Waals surface area contributed by atoms with Crippen molar-refractivity contribution in [3.05, 3.63) is 135 Å². The molecular weight excluding hydrogens is 628 g/mol. The van der Waals surface area contributed by atoms with Crippen molar-refractivity contribution in [2.45, 2.75) is 37.2 Å². The molecule has 6 nitrogen and oxygen atoms in total. The van der Waals surface area contributed by atoms with Gasteiger partial charge in [0.2, 0.25) is 5.90 Å². The number of carbonyl (C=O) groups is 1. The Morgan fingerprint density at radius 2 is 1.67 bits per heavy atom. The van der Waals surface area contributed by atoms with Crippen LogP contribution >= 0.6 is 23.2 Å². The number of halogens is 5. The number of amides is 1. The van der Waals surface area contributed by atoms with Crippen molar-refractivity contribution < 1.29 is 32.5 Å². The second kappa shape index (κ2) is 13.9. The Kier molecular flexibility index (Phi) is 10.0. The van der Waals surface area contributed by atoms with E-state index in [1.54, 1.807) is 42.5 Å². The van der Waals surface area contributed by atoms with Gasteiger partial charge in [-0.25, -0.2) is 4.99 Å². The molecule has 0 saturated carbocycles. The van der Waals surface area contributed by atoms with E-state index in [4.69, 9.17) is 42.8 Å². The molecule has 5 rings (SSSR count). The number of nitrogens with one attached hydrogen (secondary N) is 1. The van der Waals surface area contributed by atoms with E-state index in [9.17, 15) is 18.0 Å². The number of benzene rings is 4. The van der Waals surface area contributed by atoms with Crippen LogP contribution in [0.3, 0.4) is 0 Å². The fraction of sp³-hybridized carbons (Fsp3) is 0.235. The monoisotopic (exact) mass is 656 g/mol. The molecule has 2 N–H and O–H groups in total. The first-order chi connectivity index (χ1) is 21.6. The number of aliphatic hydroxyl groups is 1. The fourth-order valence-electron chi connectivity index (χ4n) is 5.03. The van der Waals surface area contributed by atoms with Crippen molar-refractivity contribution in [2.75, 3.05) is 13.2 Å². The summed E-state index contributed by atoms with van der Waals surface area (Å²) in [5, 5.41) is 12.6. The van der Waals surface area contributed by atoms with Crippen LogP contribution < -0.4 is 10.1 Å². The van der Waals surface area contributed by atoms with E-state index >= 15 is 0 Å². The van der Waals surface area contributed by atoms with Gasteiger partial charge in [0.05, 0.1) is 12.2 Å². The van der Waals surface area contributed by atoms with Gasteiger partial charge in [-0.2, -0.15) is 13.2 Å². The molecule has 234 valence electrons. The van der Waals surface area contributed by atoms with Crippen molar-refractivity contribution in [1.29, 1.82) is 0 Å². The Morgan fingerprint density at radius 1 is 0.956 bits per heavy atom. The van der Waals surface area contributed by atoms with Gasteiger partial charge in [-0.05, 0) is 59.7 Å². The van der Waals surface area contributed by atoms with Gasteiger partial charge in [-0.15, -0.1) is 0 Å². The summed E-state index contributed by atoms with van der Waals surface area (Å²) in [6.07, 6.45) is -4.83. The number of nitrogens with zero attached hydrogens (tertiary/aromatic N) is 1. The van der Waals surface area contributed by atoms with Crippen molar-refractivity contribution in [1.82, 2.24) is 5.32 Å². The molecule has 11 heteroatoms. The highest BCUT2D eigenvalue weighted by Gasteiger charge is 2.53. The molecule has 0 aromatic heterocycles. The molecule has 1 aliphatic rings. The Labute approximate surface area is 268 Å². The predicted octanol–water partition coefficient (Wildman–Crippen LogP) is 7.59. The number of alkyl halides is 3. The fourth-order valence-corrected chi connectivity index (χ4v) is 5.54. The second-order valence-electron chi connectivity index (χ2n) is 10.5. The lowest BCUT2D eigenvalue weighted by atomic mass is 9.82. The first kappa shape index (κ1) is 32.3. The molecule has 0 bridgehead atoms. The van der Waals surface area contributed by atoms with Crippen LogP contribution in [-0.2, 0) is 28.7 Å². The third-order valence-electron chi connectivity index (χ3n) is 7.33. The average Bonchev–Trinajstić information content (AvgIpc) is 3.40. The van der Waals surface area contributed by atoms with Crippen LogP contribution in [0.5, 0.6) is 5.75 Å². The van der Waals surface area contributed by atoms with E-state index in [0.29, 0.717) is 40.5 Å². The zero-order valence-corrected chi connectivity index (χ0v) is 25.4. The van der Waals surface area contributed by atoms with Gasteiger partial charge >= 0.3 is 6.18 Å². The molecule has 0 saturated heterocycles. The molecule has 0 unspecified atom stereocenters. The highest BCUT2D eigenvalue weighted by molar-refractivity contribution is 6.35. The lowest BCUT2D eigenvalue weighted by Gasteiger charge is -2.31. The van der Waals surface area contributed by atoms with E-state index in [0.717, 1.165) is 17.7 Å². The van der Waals surface area contributed by atoms with Gasteiger partial charge in [0.15, 0.2) is 11.6 Å². The molecule has 0 fully saturated rings. The topological polar surface area (TPSA) is 80.2 Å². The number of ether oxygens (including phenoxy) is 2. The summed E-state index contributed by atoms with van der Waals surface area (Å²) in [4.78, 5) is 19.3. The van der Waals surface area contributed by atoms with Crippen molar-refractivity contribution in [3.63, 3.8) is 0 Å².